The standard InChI is InChI=1S/C16H19BrN4O2/c1-2-15(22)20-8-7-11(10-20)9-14-18-19-16(23)21(14)13-5-3-12(17)4-6-13/h3-6,11H,2,7-10H2,1H3,(H,19,23). The number of rotatable bonds is 4. The molecule has 1 aliphatic rings. The second kappa shape index (κ2) is 6.70. The number of aromatic amines is 1. The number of nitrogens with zero attached hydrogens (tertiary/aromatic N) is 3. The molecule has 0 radical (unpaired) electrons. The van der Waals surface area contributed by atoms with Crippen molar-refractivity contribution in [1.29, 1.82) is 0 Å². The van der Waals surface area contributed by atoms with Crippen LogP contribution in [-0.2, 0) is 11.2 Å². The highest BCUT2D eigenvalue weighted by Gasteiger charge is 2.27. The van der Waals surface area contributed by atoms with Crippen LogP contribution in [0.5, 0.6) is 0 Å². The van der Waals surface area contributed by atoms with Gasteiger partial charge in [-0.3, -0.25) is 4.79 Å². The number of carbonyl (C=O) groups excluding carboxylic acids is 1. The molecule has 1 aromatic carbocycles. The normalized spacial score (nSPS) is 17.7. The van der Waals surface area contributed by atoms with Gasteiger partial charge in [-0.1, -0.05) is 22.9 Å². The number of benzene rings is 1. The minimum atomic E-state index is -0.234. The largest absolute Gasteiger partial charge is 0.347 e. The molecule has 1 saturated heterocycles. The second-order valence-electron chi connectivity index (χ2n) is 5.81. The van der Waals surface area contributed by atoms with Crippen molar-refractivity contribution in [3.63, 3.8) is 0 Å². The summed E-state index contributed by atoms with van der Waals surface area (Å²) < 4.78 is 2.57. The molecule has 1 unspecified atom stereocenters. The molecule has 23 heavy (non-hydrogen) atoms. The molecule has 122 valence electrons. The molecule has 3 rings (SSSR count). The molecular weight excluding hydrogens is 360 g/mol. The van der Waals surface area contributed by atoms with Crippen molar-refractivity contribution in [3.05, 3.63) is 45.0 Å². The SMILES string of the molecule is CCC(=O)N1CCC(Cc2n[nH]c(=O)n2-c2ccc(Br)cc2)C1. The van der Waals surface area contributed by atoms with Gasteiger partial charge < -0.3 is 4.90 Å². The number of aromatic nitrogens is 3. The lowest BCUT2D eigenvalue weighted by molar-refractivity contribution is -0.129. The van der Waals surface area contributed by atoms with E-state index >= 15 is 0 Å². The highest BCUT2D eigenvalue weighted by molar-refractivity contribution is 9.10. The van der Waals surface area contributed by atoms with Gasteiger partial charge in [0.2, 0.25) is 5.91 Å². The Hall–Kier alpha value is -1.89. The summed E-state index contributed by atoms with van der Waals surface area (Å²) in [6, 6.07) is 7.56. The number of halogens is 1. The van der Waals surface area contributed by atoms with Crippen LogP contribution in [0.25, 0.3) is 5.69 Å². The highest BCUT2D eigenvalue weighted by atomic mass is 79.9. The lowest BCUT2D eigenvalue weighted by atomic mass is 10.0. The fourth-order valence-corrected chi connectivity index (χ4v) is 3.29. The number of hydrogen-bond acceptors (Lipinski definition) is 3. The summed E-state index contributed by atoms with van der Waals surface area (Å²) in [5, 5.41) is 6.71. The van der Waals surface area contributed by atoms with Gasteiger partial charge in [0.25, 0.3) is 0 Å². The number of hydrogen-bond donors (Lipinski definition) is 1. The van der Waals surface area contributed by atoms with Gasteiger partial charge in [0.1, 0.15) is 5.82 Å². The van der Waals surface area contributed by atoms with Crippen LogP contribution >= 0.6 is 15.9 Å². The number of nitrogens with one attached hydrogen (secondary N) is 1. The summed E-state index contributed by atoms with van der Waals surface area (Å²) in [6.45, 7) is 3.42. The van der Waals surface area contributed by atoms with Crippen molar-refractivity contribution in [3.8, 4) is 5.69 Å². The van der Waals surface area contributed by atoms with Crippen molar-refractivity contribution in [2.45, 2.75) is 26.2 Å². The fourth-order valence-electron chi connectivity index (χ4n) is 3.03. The molecule has 2 heterocycles. The number of amides is 1. The highest BCUT2D eigenvalue weighted by Crippen LogP contribution is 2.21. The monoisotopic (exact) mass is 378 g/mol. The Balaban J connectivity index is 1.79. The van der Waals surface area contributed by atoms with Gasteiger partial charge in [0.05, 0.1) is 5.69 Å². The third-order valence-corrected chi connectivity index (χ3v) is 4.77. The molecule has 6 nitrogen and oxygen atoms in total. The van der Waals surface area contributed by atoms with Crippen LogP contribution in [0.3, 0.4) is 0 Å². The number of carbonyl (C=O) groups is 1. The zero-order valence-corrected chi connectivity index (χ0v) is 14.5. The predicted molar refractivity (Wildman–Crippen MR) is 90.6 cm³/mol. The van der Waals surface area contributed by atoms with E-state index < -0.39 is 0 Å². The first-order valence-corrected chi connectivity index (χ1v) is 8.57. The van der Waals surface area contributed by atoms with Gasteiger partial charge in [-0.2, -0.15) is 5.10 Å². The van der Waals surface area contributed by atoms with E-state index in [0.717, 1.165) is 29.7 Å². The lowest BCUT2D eigenvalue weighted by Gasteiger charge is -2.15. The van der Waals surface area contributed by atoms with E-state index in [1.165, 1.54) is 0 Å². The predicted octanol–water partition coefficient (Wildman–Crippen LogP) is 2.12. The van der Waals surface area contributed by atoms with Crippen molar-refractivity contribution in [2.24, 2.45) is 5.92 Å². The zero-order valence-electron chi connectivity index (χ0n) is 13.0. The van der Waals surface area contributed by atoms with Gasteiger partial charge in [-0.25, -0.2) is 14.5 Å². The van der Waals surface area contributed by atoms with E-state index in [4.69, 9.17) is 0 Å². The Morgan fingerprint density at radius 3 is 2.83 bits per heavy atom. The first-order chi connectivity index (χ1) is 11.1. The molecule has 1 N–H and O–H groups in total. The fraction of sp³-hybridized carbons (Fsp3) is 0.438. The first kappa shape index (κ1) is 16.0. The van der Waals surface area contributed by atoms with Crippen molar-refractivity contribution in [2.75, 3.05) is 13.1 Å². The third kappa shape index (κ3) is 3.39. The molecule has 0 saturated carbocycles. The van der Waals surface area contributed by atoms with Gasteiger partial charge >= 0.3 is 5.69 Å². The quantitative estimate of drug-likeness (QED) is 0.885. The van der Waals surface area contributed by atoms with Gasteiger partial charge in [-0.05, 0) is 36.6 Å². The minimum absolute atomic E-state index is 0.194. The van der Waals surface area contributed by atoms with Gasteiger partial charge in [0.15, 0.2) is 0 Å². The van der Waals surface area contributed by atoms with Crippen molar-refractivity contribution < 1.29 is 4.79 Å². The average molecular weight is 379 g/mol. The van der Waals surface area contributed by atoms with Crippen molar-refractivity contribution >= 4 is 21.8 Å². The molecular formula is C16H19BrN4O2. The Kier molecular flexibility index (Phi) is 4.66. The van der Waals surface area contributed by atoms with Crippen LogP contribution in [0.2, 0.25) is 0 Å². The Morgan fingerprint density at radius 2 is 2.13 bits per heavy atom. The van der Waals surface area contributed by atoms with Crippen LogP contribution in [-0.4, -0.2) is 38.7 Å². The topological polar surface area (TPSA) is 71.0 Å². The summed E-state index contributed by atoms with van der Waals surface area (Å²) >= 11 is 3.40. The summed E-state index contributed by atoms with van der Waals surface area (Å²) in [5.74, 6) is 1.25. The molecule has 2 aromatic rings. The van der Waals surface area contributed by atoms with Crippen LogP contribution < -0.4 is 5.69 Å². The van der Waals surface area contributed by atoms with Gasteiger partial charge in [0, 0.05) is 30.4 Å². The van der Waals surface area contributed by atoms with E-state index in [2.05, 4.69) is 26.1 Å². The Bertz CT molecular complexity index is 750. The van der Waals surface area contributed by atoms with E-state index in [0.29, 0.717) is 24.6 Å². The van der Waals surface area contributed by atoms with Crippen LogP contribution in [0.4, 0.5) is 0 Å². The molecule has 1 aromatic heterocycles. The van der Waals surface area contributed by atoms with Crippen LogP contribution in [0.1, 0.15) is 25.6 Å². The van der Waals surface area contributed by atoms with E-state index in [1.807, 2.05) is 36.1 Å². The first-order valence-electron chi connectivity index (χ1n) is 7.78. The molecule has 0 bridgehead atoms. The van der Waals surface area contributed by atoms with Gasteiger partial charge in [-0.15, -0.1) is 0 Å². The smallest absolute Gasteiger partial charge is 0.342 e. The Morgan fingerprint density at radius 1 is 1.39 bits per heavy atom. The third-order valence-electron chi connectivity index (χ3n) is 4.24. The molecule has 1 atom stereocenters. The van der Waals surface area contributed by atoms with E-state index in [9.17, 15) is 9.59 Å². The molecule has 0 aliphatic carbocycles. The summed E-state index contributed by atoms with van der Waals surface area (Å²) in [7, 11) is 0. The number of likely N-dealkylation sites (tertiary alicyclic amines) is 1. The van der Waals surface area contributed by atoms with Crippen LogP contribution in [0, 0.1) is 5.92 Å². The molecule has 1 amide bonds. The molecule has 1 aliphatic heterocycles. The second-order valence-corrected chi connectivity index (χ2v) is 6.72. The van der Waals surface area contributed by atoms with Crippen LogP contribution in [0.15, 0.2) is 33.5 Å². The maximum atomic E-state index is 12.1. The minimum Gasteiger partial charge on any atom is -0.342 e. The molecule has 1 fully saturated rings. The number of H-pyrrole nitrogens is 1. The molecule has 0 spiro atoms. The van der Waals surface area contributed by atoms with Crippen molar-refractivity contribution in [1.82, 2.24) is 19.7 Å². The Labute approximate surface area is 142 Å². The van der Waals surface area contributed by atoms with E-state index in [-0.39, 0.29) is 11.6 Å². The maximum Gasteiger partial charge on any atom is 0.347 e. The molecule has 7 heteroatoms. The summed E-state index contributed by atoms with van der Waals surface area (Å²) in [5.41, 5.74) is 0.559. The maximum absolute atomic E-state index is 12.1. The summed E-state index contributed by atoms with van der Waals surface area (Å²) in [6.07, 6.45) is 2.17. The summed E-state index contributed by atoms with van der Waals surface area (Å²) in [4.78, 5) is 25.8. The zero-order chi connectivity index (χ0) is 16.4. The lowest BCUT2D eigenvalue weighted by Crippen LogP contribution is -2.28. The average Bonchev–Trinajstić information content (AvgIpc) is 3.15. The van der Waals surface area contributed by atoms with E-state index in [1.54, 1.807) is 4.57 Å².